The number of rotatable bonds is 2. The number of allylic oxidation sites excluding steroid dienone is 1. The highest BCUT2D eigenvalue weighted by atomic mass is 16.5. The lowest BCUT2D eigenvalue weighted by Gasteiger charge is -2.44. The first kappa shape index (κ1) is 11.7. The maximum atomic E-state index is 9.94. The van der Waals surface area contributed by atoms with Gasteiger partial charge in [0.1, 0.15) is 5.60 Å². The van der Waals surface area contributed by atoms with Crippen LogP contribution in [0.3, 0.4) is 0 Å². The topological polar surface area (TPSA) is 49.7 Å². The van der Waals surface area contributed by atoms with Gasteiger partial charge in [-0.3, -0.25) is 0 Å². The molecule has 0 aromatic rings. The highest BCUT2D eigenvalue weighted by Gasteiger charge is 2.43. The third-order valence-corrected chi connectivity index (χ3v) is 2.96. The molecular formula is C11H20O3. The molecule has 1 fully saturated rings. The van der Waals surface area contributed by atoms with Crippen molar-refractivity contribution in [3.63, 3.8) is 0 Å². The fourth-order valence-corrected chi connectivity index (χ4v) is 1.75. The van der Waals surface area contributed by atoms with E-state index in [4.69, 9.17) is 9.84 Å². The molecule has 1 aliphatic heterocycles. The summed E-state index contributed by atoms with van der Waals surface area (Å²) in [5.41, 5.74) is -0.899. The molecule has 1 rings (SSSR count). The van der Waals surface area contributed by atoms with Crippen LogP contribution < -0.4 is 0 Å². The van der Waals surface area contributed by atoms with Crippen LogP contribution in [0.1, 0.15) is 27.2 Å². The minimum atomic E-state index is -0.594. The summed E-state index contributed by atoms with van der Waals surface area (Å²) in [5, 5.41) is 19.1. The summed E-state index contributed by atoms with van der Waals surface area (Å²) in [6, 6.07) is 0. The molecule has 3 unspecified atom stereocenters. The van der Waals surface area contributed by atoms with E-state index < -0.39 is 11.7 Å². The summed E-state index contributed by atoms with van der Waals surface area (Å²) in [5.74, 6) is 0. The zero-order chi connectivity index (χ0) is 10.8. The van der Waals surface area contributed by atoms with Crippen LogP contribution in [0.25, 0.3) is 0 Å². The number of hydrogen-bond donors (Lipinski definition) is 2. The predicted octanol–water partition coefficient (Wildman–Crippen LogP) is 1.10. The largest absolute Gasteiger partial charge is 0.396 e. The van der Waals surface area contributed by atoms with Crippen LogP contribution >= 0.6 is 0 Å². The lowest BCUT2D eigenvalue weighted by atomic mass is 9.78. The van der Waals surface area contributed by atoms with Crippen molar-refractivity contribution in [3.8, 4) is 0 Å². The Morgan fingerprint density at radius 3 is 2.57 bits per heavy atom. The molecule has 3 atom stereocenters. The molecule has 0 amide bonds. The van der Waals surface area contributed by atoms with Crippen molar-refractivity contribution in [2.24, 2.45) is 5.41 Å². The number of hydrogen-bond acceptors (Lipinski definition) is 3. The van der Waals surface area contributed by atoms with Crippen molar-refractivity contribution >= 4 is 0 Å². The van der Waals surface area contributed by atoms with E-state index in [9.17, 15) is 5.11 Å². The minimum Gasteiger partial charge on any atom is -0.396 e. The SMILES string of the molecule is C/C=C/C1(C)OCC(C)(CO)CC1O. The van der Waals surface area contributed by atoms with Crippen LogP contribution in [0.5, 0.6) is 0 Å². The first-order valence-electron chi connectivity index (χ1n) is 5.02. The number of ether oxygens (including phenoxy) is 1. The Morgan fingerprint density at radius 1 is 1.50 bits per heavy atom. The van der Waals surface area contributed by atoms with Gasteiger partial charge in [0.25, 0.3) is 0 Å². The average Bonchev–Trinajstić information content (AvgIpc) is 2.14. The van der Waals surface area contributed by atoms with Crippen molar-refractivity contribution < 1.29 is 14.9 Å². The van der Waals surface area contributed by atoms with Gasteiger partial charge >= 0.3 is 0 Å². The van der Waals surface area contributed by atoms with Crippen LogP contribution in [0, 0.1) is 5.41 Å². The van der Waals surface area contributed by atoms with Crippen molar-refractivity contribution in [2.45, 2.75) is 38.9 Å². The normalized spacial score (nSPS) is 44.5. The summed E-state index contributed by atoms with van der Waals surface area (Å²) >= 11 is 0. The van der Waals surface area contributed by atoms with Crippen molar-refractivity contribution in [3.05, 3.63) is 12.2 Å². The molecule has 82 valence electrons. The molecule has 1 saturated heterocycles. The Bertz CT molecular complexity index is 227. The third kappa shape index (κ3) is 2.16. The Labute approximate surface area is 85.4 Å². The second-order valence-corrected chi connectivity index (χ2v) is 4.66. The highest BCUT2D eigenvalue weighted by molar-refractivity contribution is 5.06. The molecule has 3 nitrogen and oxygen atoms in total. The lowest BCUT2D eigenvalue weighted by molar-refractivity contribution is -0.170. The maximum absolute atomic E-state index is 9.94. The molecule has 0 spiro atoms. The molecular weight excluding hydrogens is 180 g/mol. The van der Waals surface area contributed by atoms with Gasteiger partial charge in [-0.25, -0.2) is 0 Å². The van der Waals surface area contributed by atoms with Gasteiger partial charge in [0.2, 0.25) is 0 Å². The third-order valence-electron chi connectivity index (χ3n) is 2.96. The summed E-state index contributed by atoms with van der Waals surface area (Å²) in [6.07, 6.45) is 3.77. The van der Waals surface area contributed by atoms with Crippen LogP contribution in [-0.2, 0) is 4.74 Å². The zero-order valence-corrected chi connectivity index (χ0v) is 9.16. The lowest BCUT2D eigenvalue weighted by Crippen LogP contribution is -2.52. The van der Waals surface area contributed by atoms with Gasteiger partial charge in [-0.15, -0.1) is 0 Å². The van der Waals surface area contributed by atoms with Gasteiger partial charge in [0.15, 0.2) is 0 Å². The predicted molar refractivity (Wildman–Crippen MR) is 55.0 cm³/mol. The van der Waals surface area contributed by atoms with E-state index in [1.165, 1.54) is 0 Å². The molecule has 2 N–H and O–H groups in total. The maximum Gasteiger partial charge on any atom is 0.109 e. The van der Waals surface area contributed by atoms with Gasteiger partial charge < -0.3 is 14.9 Å². The fourth-order valence-electron chi connectivity index (χ4n) is 1.75. The molecule has 0 aromatic heterocycles. The molecule has 0 aromatic carbocycles. The van der Waals surface area contributed by atoms with E-state index >= 15 is 0 Å². The number of aliphatic hydroxyl groups is 2. The van der Waals surface area contributed by atoms with E-state index in [1.54, 1.807) is 0 Å². The smallest absolute Gasteiger partial charge is 0.109 e. The highest BCUT2D eigenvalue weighted by Crippen LogP contribution is 2.36. The summed E-state index contributed by atoms with van der Waals surface area (Å²) in [4.78, 5) is 0. The first-order valence-corrected chi connectivity index (χ1v) is 5.02. The standard InChI is InChI=1S/C11H20O3/c1-4-5-11(3)9(13)6-10(2,7-12)8-14-11/h4-5,9,12-13H,6-8H2,1-3H3/b5-4+. The monoisotopic (exact) mass is 200 g/mol. The summed E-state index contributed by atoms with van der Waals surface area (Å²) < 4.78 is 5.63. The van der Waals surface area contributed by atoms with Crippen LogP contribution in [0.15, 0.2) is 12.2 Å². The van der Waals surface area contributed by atoms with E-state index in [2.05, 4.69) is 0 Å². The molecule has 1 heterocycles. The van der Waals surface area contributed by atoms with Crippen LogP contribution in [0.2, 0.25) is 0 Å². The Kier molecular flexibility index (Phi) is 3.35. The van der Waals surface area contributed by atoms with Gasteiger partial charge in [0.05, 0.1) is 19.3 Å². The minimum absolute atomic E-state index is 0.0516. The van der Waals surface area contributed by atoms with Crippen LogP contribution in [0.4, 0.5) is 0 Å². The second kappa shape index (κ2) is 4.01. The van der Waals surface area contributed by atoms with Gasteiger partial charge in [-0.1, -0.05) is 19.1 Å². The summed E-state index contributed by atoms with van der Waals surface area (Å²) in [6.45, 7) is 6.23. The Morgan fingerprint density at radius 2 is 2.14 bits per heavy atom. The molecule has 0 radical (unpaired) electrons. The van der Waals surface area contributed by atoms with E-state index in [0.717, 1.165) is 0 Å². The summed E-state index contributed by atoms with van der Waals surface area (Å²) in [7, 11) is 0. The molecule has 0 saturated carbocycles. The van der Waals surface area contributed by atoms with Crippen molar-refractivity contribution in [1.29, 1.82) is 0 Å². The van der Waals surface area contributed by atoms with Crippen molar-refractivity contribution in [1.82, 2.24) is 0 Å². The van der Waals surface area contributed by atoms with Crippen LogP contribution in [-0.4, -0.2) is 35.1 Å². The molecule has 0 aliphatic carbocycles. The molecule has 14 heavy (non-hydrogen) atoms. The zero-order valence-electron chi connectivity index (χ0n) is 9.16. The van der Waals surface area contributed by atoms with E-state index in [1.807, 2.05) is 32.9 Å². The van der Waals surface area contributed by atoms with Crippen molar-refractivity contribution in [2.75, 3.05) is 13.2 Å². The van der Waals surface area contributed by atoms with Gasteiger partial charge in [-0.2, -0.15) is 0 Å². The Balaban J connectivity index is 2.73. The fraction of sp³-hybridized carbons (Fsp3) is 0.818. The van der Waals surface area contributed by atoms with Gasteiger partial charge in [-0.05, 0) is 20.3 Å². The average molecular weight is 200 g/mol. The first-order chi connectivity index (χ1) is 6.46. The molecule has 3 heteroatoms. The van der Waals surface area contributed by atoms with Gasteiger partial charge in [0, 0.05) is 5.41 Å². The second-order valence-electron chi connectivity index (χ2n) is 4.66. The quantitative estimate of drug-likeness (QED) is 0.656. The molecule has 1 aliphatic rings. The Hall–Kier alpha value is -0.380. The van der Waals surface area contributed by atoms with E-state index in [-0.39, 0.29) is 12.0 Å². The molecule has 0 bridgehead atoms. The number of aliphatic hydroxyl groups excluding tert-OH is 2. The van der Waals surface area contributed by atoms with E-state index in [0.29, 0.717) is 13.0 Å².